The van der Waals surface area contributed by atoms with E-state index in [0.717, 1.165) is 12.5 Å². The first-order chi connectivity index (χ1) is 4.12. The highest BCUT2D eigenvalue weighted by atomic mass is 32.2. The Labute approximate surface area is 55.5 Å². The largest absolute Gasteiger partial charge is 0.289 e. The third-order valence-electron chi connectivity index (χ3n) is 0.731. The average Bonchev–Trinajstić information content (AvgIpc) is 1.84. The van der Waals surface area contributed by atoms with E-state index in [0.29, 0.717) is 6.42 Å². The third-order valence-corrected chi connectivity index (χ3v) is 1.72. The van der Waals surface area contributed by atoms with Crippen LogP contribution in [0.15, 0.2) is 11.5 Å². The SMILES string of the molecule is CCC=CS(=O)(=O)OC. The van der Waals surface area contributed by atoms with Crippen LogP contribution in [0.25, 0.3) is 0 Å². The Bertz CT molecular complexity index is 178. The Morgan fingerprint density at radius 3 is 2.44 bits per heavy atom. The molecule has 0 fully saturated rings. The van der Waals surface area contributed by atoms with Gasteiger partial charge in [-0.05, 0) is 6.42 Å². The Morgan fingerprint density at radius 2 is 2.11 bits per heavy atom. The van der Waals surface area contributed by atoms with Gasteiger partial charge in [-0.2, -0.15) is 8.42 Å². The van der Waals surface area contributed by atoms with E-state index in [1.165, 1.54) is 6.08 Å². The van der Waals surface area contributed by atoms with Crippen LogP contribution in [0.1, 0.15) is 13.3 Å². The molecule has 9 heavy (non-hydrogen) atoms. The van der Waals surface area contributed by atoms with Crippen LogP contribution < -0.4 is 0 Å². The van der Waals surface area contributed by atoms with Crippen molar-refractivity contribution < 1.29 is 12.6 Å². The molecular formula is C5H10O3S. The van der Waals surface area contributed by atoms with E-state index in [1.807, 2.05) is 6.92 Å². The van der Waals surface area contributed by atoms with E-state index >= 15 is 0 Å². The van der Waals surface area contributed by atoms with Crippen LogP contribution in [0.2, 0.25) is 0 Å². The monoisotopic (exact) mass is 150 g/mol. The summed E-state index contributed by atoms with van der Waals surface area (Å²) in [7, 11) is -2.23. The number of hydrogen-bond donors (Lipinski definition) is 0. The van der Waals surface area contributed by atoms with Crippen LogP contribution in [-0.4, -0.2) is 15.5 Å². The van der Waals surface area contributed by atoms with Crippen molar-refractivity contribution >= 4 is 10.1 Å². The quantitative estimate of drug-likeness (QED) is 0.561. The fourth-order valence-corrected chi connectivity index (χ4v) is 0.809. The first-order valence-corrected chi connectivity index (χ1v) is 4.06. The molecule has 0 unspecified atom stereocenters. The molecule has 0 saturated heterocycles. The van der Waals surface area contributed by atoms with Gasteiger partial charge < -0.3 is 0 Å². The fourth-order valence-electron chi connectivity index (χ4n) is 0.270. The van der Waals surface area contributed by atoms with Gasteiger partial charge in [0, 0.05) is 0 Å². The van der Waals surface area contributed by atoms with Gasteiger partial charge in [-0.25, -0.2) is 0 Å². The first-order valence-electron chi connectivity index (χ1n) is 2.59. The summed E-state index contributed by atoms with van der Waals surface area (Å²) in [4.78, 5) is 0. The van der Waals surface area contributed by atoms with Gasteiger partial charge in [0.1, 0.15) is 0 Å². The van der Waals surface area contributed by atoms with E-state index in [4.69, 9.17) is 0 Å². The lowest BCUT2D eigenvalue weighted by molar-refractivity contribution is 0.406. The van der Waals surface area contributed by atoms with Crippen molar-refractivity contribution in [2.75, 3.05) is 7.11 Å². The molecule has 0 aliphatic heterocycles. The van der Waals surface area contributed by atoms with Gasteiger partial charge >= 0.3 is 0 Å². The maximum absolute atomic E-state index is 10.4. The molecule has 4 heteroatoms. The summed E-state index contributed by atoms with van der Waals surface area (Å²) < 4.78 is 25.0. The zero-order valence-corrected chi connectivity index (χ0v) is 6.31. The topological polar surface area (TPSA) is 43.4 Å². The Morgan fingerprint density at radius 1 is 1.56 bits per heavy atom. The molecule has 0 aromatic heterocycles. The van der Waals surface area contributed by atoms with Crippen molar-refractivity contribution in [3.63, 3.8) is 0 Å². The molecule has 0 spiro atoms. The molecule has 0 radical (unpaired) electrons. The maximum atomic E-state index is 10.4. The van der Waals surface area contributed by atoms with E-state index in [1.54, 1.807) is 0 Å². The molecule has 0 bridgehead atoms. The molecule has 0 atom stereocenters. The standard InChI is InChI=1S/C5H10O3S/c1-3-4-5-9(6,7)8-2/h4-5H,3H2,1-2H3. The Kier molecular flexibility index (Phi) is 3.49. The highest BCUT2D eigenvalue weighted by molar-refractivity contribution is 7.89. The van der Waals surface area contributed by atoms with Gasteiger partial charge in [-0.1, -0.05) is 13.0 Å². The Hall–Kier alpha value is -0.350. The molecule has 0 aliphatic carbocycles. The van der Waals surface area contributed by atoms with E-state index < -0.39 is 10.1 Å². The molecule has 3 nitrogen and oxygen atoms in total. The molecule has 0 amide bonds. The van der Waals surface area contributed by atoms with Crippen molar-refractivity contribution in [2.24, 2.45) is 0 Å². The number of rotatable bonds is 3. The van der Waals surface area contributed by atoms with Gasteiger partial charge in [0.2, 0.25) is 0 Å². The molecule has 0 aliphatic rings. The van der Waals surface area contributed by atoms with Gasteiger partial charge in [0.05, 0.1) is 12.5 Å². The zero-order chi connectivity index (χ0) is 7.33. The molecular weight excluding hydrogens is 140 g/mol. The Balaban J connectivity index is 4.04. The van der Waals surface area contributed by atoms with Crippen molar-refractivity contribution in [3.05, 3.63) is 11.5 Å². The van der Waals surface area contributed by atoms with E-state index in [-0.39, 0.29) is 0 Å². The smallest absolute Gasteiger partial charge is 0.270 e. The van der Waals surface area contributed by atoms with Gasteiger partial charge in [-0.15, -0.1) is 0 Å². The third kappa shape index (κ3) is 4.17. The molecule has 0 aromatic rings. The van der Waals surface area contributed by atoms with Crippen molar-refractivity contribution in [1.29, 1.82) is 0 Å². The maximum Gasteiger partial charge on any atom is 0.289 e. The van der Waals surface area contributed by atoms with Crippen LogP contribution in [0, 0.1) is 0 Å². The highest BCUT2D eigenvalue weighted by Crippen LogP contribution is 1.92. The second kappa shape index (κ2) is 3.63. The van der Waals surface area contributed by atoms with Crippen LogP contribution in [0.4, 0.5) is 0 Å². The van der Waals surface area contributed by atoms with Crippen LogP contribution in [0.5, 0.6) is 0 Å². The van der Waals surface area contributed by atoms with Crippen molar-refractivity contribution in [2.45, 2.75) is 13.3 Å². The minimum atomic E-state index is -3.36. The number of allylic oxidation sites excluding steroid dienone is 1. The molecule has 54 valence electrons. The van der Waals surface area contributed by atoms with Gasteiger partial charge in [0.25, 0.3) is 10.1 Å². The van der Waals surface area contributed by atoms with Crippen LogP contribution in [-0.2, 0) is 14.3 Å². The van der Waals surface area contributed by atoms with Crippen molar-refractivity contribution in [3.8, 4) is 0 Å². The van der Waals surface area contributed by atoms with Crippen LogP contribution in [0.3, 0.4) is 0 Å². The predicted octanol–water partition coefficient (Wildman–Crippen LogP) is 0.886. The van der Waals surface area contributed by atoms with E-state index in [9.17, 15) is 8.42 Å². The highest BCUT2D eigenvalue weighted by Gasteiger charge is 1.98. The molecule has 0 rings (SSSR count). The summed E-state index contributed by atoms with van der Waals surface area (Å²) in [6, 6.07) is 0. The minimum Gasteiger partial charge on any atom is -0.270 e. The summed E-state index contributed by atoms with van der Waals surface area (Å²) in [5.74, 6) is 0. The van der Waals surface area contributed by atoms with Crippen LogP contribution >= 0.6 is 0 Å². The summed E-state index contributed by atoms with van der Waals surface area (Å²) in [6.07, 6.45) is 2.22. The lowest BCUT2D eigenvalue weighted by Gasteiger charge is -1.89. The van der Waals surface area contributed by atoms with Gasteiger partial charge in [0.15, 0.2) is 0 Å². The zero-order valence-electron chi connectivity index (χ0n) is 5.49. The second-order valence-corrected chi connectivity index (χ2v) is 3.03. The second-order valence-electron chi connectivity index (χ2n) is 1.44. The van der Waals surface area contributed by atoms with Crippen molar-refractivity contribution in [1.82, 2.24) is 0 Å². The van der Waals surface area contributed by atoms with Gasteiger partial charge in [-0.3, -0.25) is 4.18 Å². The summed E-state index contributed by atoms with van der Waals surface area (Å²) in [5, 5.41) is 1.05. The average molecular weight is 150 g/mol. The molecule has 0 N–H and O–H groups in total. The molecule has 0 heterocycles. The summed E-state index contributed by atoms with van der Waals surface area (Å²) in [5.41, 5.74) is 0. The molecule has 0 saturated carbocycles. The molecule has 0 aromatic carbocycles. The van der Waals surface area contributed by atoms with E-state index in [2.05, 4.69) is 4.18 Å². The summed E-state index contributed by atoms with van der Waals surface area (Å²) in [6.45, 7) is 1.85. The number of hydrogen-bond acceptors (Lipinski definition) is 3. The predicted molar refractivity (Wildman–Crippen MR) is 35.4 cm³/mol. The lowest BCUT2D eigenvalue weighted by atomic mass is 10.5. The summed E-state index contributed by atoms with van der Waals surface area (Å²) >= 11 is 0. The fraction of sp³-hybridized carbons (Fsp3) is 0.600. The first kappa shape index (κ1) is 8.65. The minimum absolute atomic E-state index is 0.697. The normalized spacial score (nSPS) is 12.7. The lowest BCUT2D eigenvalue weighted by Crippen LogP contribution is -1.95.